The lowest BCUT2D eigenvalue weighted by molar-refractivity contribution is 0.152. The molecule has 0 radical (unpaired) electrons. The van der Waals surface area contributed by atoms with Gasteiger partial charge in [0.1, 0.15) is 5.82 Å². The fourth-order valence-electron chi connectivity index (χ4n) is 2.36. The van der Waals surface area contributed by atoms with Crippen LogP contribution in [0.3, 0.4) is 0 Å². The van der Waals surface area contributed by atoms with Crippen molar-refractivity contribution >= 4 is 5.69 Å². The molecular weight excluding hydrogens is 219 g/mol. The summed E-state index contributed by atoms with van der Waals surface area (Å²) in [7, 11) is 1.72. The van der Waals surface area contributed by atoms with E-state index in [1.54, 1.807) is 19.2 Å². The number of hydrogen-bond acceptors (Lipinski definition) is 3. The van der Waals surface area contributed by atoms with Gasteiger partial charge >= 0.3 is 0 Å². The number of methoxy groups -OCH3 is 1. The molecule has 1 atom stereocenters. The van der Waals surface area contributed by atoms with Crippen LogP contribution >= 0.6 is 0 Å². The second-order valence-electron chi connectivity index (χ2n) is 4.70. The summed E-state index contributed by atoms with van der Waals surface area (Å²) in [4.78, 5) is 2.26. The molecule has 1 saturated heterocycles. The van der Waals surface area contributed by atoms with Crippen LogP contribution in [-0.4, -0.2) is 31.7 Å². The van der Waals surface area contributed by atoms with Crippen LogP contribution in [0, 0.1) is 11.7 Å². The number of nitrogens with two attached hydrogens (primary N) is 1. The van der Waals surface area contributed by atoms with Crippen LogP contribution < -0.4 is 5.73 Å². The molecule has 94 valence electrons. The van der Waals surface area contributed by atoms with Crippen LogP contribution in [0.4, 0.5) is 10.1 Å². The first-order valence-corrected chi connectivity index (χ1v) is 5.94. The maximum Gasteiger partial charge on any atom is 0.129 e. The molecule has 0 saturated carbocycles. The Balaban J connectivity index is 1.93. The summed E-state index contributed by atoms with van der Waals surface area (Å²) in [6.07, 6.45) is 1.13. The molecule has 2 N–H and O–H groups in total. The van der Waals surface area contributed by atoms with Crippen molar-refractivity contribution in [1.29, 1.82) is 0 Å². The van der Waals surface area contributed by atoms with Crippen molar-refractivity contribution in [2.45, 2.75) is 13.0 Å². The number of benzene rings is 1. The Bertz CT molecular complexity index is 384. The van der Waals surface area contributed by atoms with Crippen molar-refractivity contribution in [3.63, 3.8) is 0 Å². The zero-order valence-corrected chi connectivity index (χ0v) is 10.2. The zero-order chi connectivity index (χ0) is 12.3. The van der Waals surface area contributed by atoms with Crippen molar-refractivity contribution in [2.24, 2.45) is 5.92 Å². The summed E-state index contributed by atoms with van der Waals surface area (Å²) in [5, 5.41) is 0. The number of nitrogen functional groups attached to an aromatic ring is 1. The summed E-state index contributed by atoms with van der Waals surface area (Å²) in [6, 6.07) is 4.91. The molecule has 0 spiro atoms. The minimum Gasteiger partial charge on any atom is -0.399 e. The largest absolute Gasteiger partial charge is 0.399 e. The van der Waals surface area contributed by atoms with Crippen LogP contribution in [0.1, 0.15) is 12.0 Å². The Morgan fingerprint density at radius 1 is 1.53 bits per heavy atom. The second kappa shape index (κ2) is 5.47. The van der Waals surface area contributed by atoms with Crippen LogP contribution in [0.5, 0.6) is 0 Å². The van der Waals surface area contributed by atoms with Crippen molar-refractivity contribution < 1.29 is 9.13 Å². The van der Waals surface area contributed by atoms with Gasteiger partial charge in [-0.2, -0.15) is 0 Å². The van der Waals surface area contributed by atoms with Crippen LogP contribution in [0.2, 0.25) is 0 Å². The van der Waals surface area contributed by atoms with E-state index in [0.29, 0.717) is 18.2 Å². The van der Waals surface area contributed by atoms with Gasteiger partial charge in [0.2, 0.25) is 0 Å². The number of rotatable bonds is 4. The highest BCUT2D eigenvalue weighted by Gasteiger charge is 2.22. The van der Waals surface area contributed by atoms with E-state index in [0.717, 1.165) is 31.7 Å². The number of anilines is 1. The number of ether oxygens (including phenoxy) is 1. The van der Waals surface area contributed by atoms with Gasteiger partial charge in [-0.3, -0.25) is 4.90 Å². The summed E-state index contributed by atoms with van der Waals surface area (Å²) in [5.74, 6) is 0.372. The van der Waals surface area contributed by atoms with Gasteiger partial charge in [0.15, 0.2) is 0 Å². The average molecular weight is 238 g/mol. The van der Waals surface area contributed by atoms with Gasteiger partial charge < -0.3 is 10.5 Å². The lowest BCUT2D eigenvalue weighted by atomic mass is 10.1. The molecule has 1 aliphatic heterocycles. The topological polar surface area (TPSA) is 38.5 Å². The number of hydrogen-bond donors (Lipinski definition) is 1. The van der Waals surface area contributed by atoms with Gasteiger partial charge in [-0.1, -0.05) is 6.07 Å². The van der Waals surface area contributed by atoms with Gasteiger partial charge in [-0.05, 0) is 31.0 Å². The molecule has 2 rings (SSSR count). The predicted octanol–water partition coefficient (Wildman–Crippen LogP) is 1.88. The Hall–Kier alpha value is -1.13. The molecule has 1 aromatic rings. The molecule has 1 unspecified atom stereocenters. The van der Waals surface area contributed by atoms with Crippen LogP contribution in [0.25, 0.3) is 0 Å². The minimum atomic E-state index is -0.208. The molecule has 17 heavy (non-hydrogen) atoms. The standard InChI is InChI=1S/C13H19FN2O/c1-17-9-10-4-5-16(7-10)8-11-2-3-12(15)6-13(11)14/h2-3,6,10H,4-5,7-9,15H2,1H3. The Morgan fingerprint density at radius 3 is 3.06 bits per heavy atom. The van der Waals surface area contributed by atoms with E-state index in [2.05, 4.69) is 4.90 Å². The molecule has 0 aliphatic carbocycles. The number of likely N-dealkylation sites (tertiary alicyclic amines) is 1. The third kappa shape index (κ3) is 3.17. The average Bonchev–Trinajstić information content (AvgIpc) is 2.71. The summed E-state index contributed by atoms with van der Waals surface area (Å²) in [5.41, 5.74) is 6.72. The monoisotopic (exact) mass is 238 g/mol. The summed E-state index contributed by atoms with van der Waals surface area (Å²) in [6.45, 7) is 3.45. The highest BCUT2D eigenvalue weighted by Crippen LogP contribution is 2.20. The maximum absolute atomic E-state index is 13.6. The predicted molar refractivity (Wildman–Crippen MR) is 66.1 cm³/mol. The van der Waals surface area contributed by atoms with E-state index >= 15 is 0 Å². The highest BCUT2D eigenvalue weighted by molar-refractivity contribution is 5.40. The SMILES string of the molecule is COCC1CCN(Cc2ccc(N)cc2F)C1. The van der Waals surface area contributed by atoms with Gasteiger partial charge in [-0.25, -0.2) is 4.39 Å². The van der Waals surface area contributed by atoms with Gasteiger partial charge in [0.05, 0.1) is 6.61 Å². The Labute approximate surface area is 101 Å². The molecule has 1 heterocycles. The smallest absolute Gasteiger partial charge is 0.129 e. The molecular formula is C13H19FN2O. The quantitative estimate of drug-likeness (QED) is 0.814. The molecule has 4 heteroatoms. The molecule has 1 aromatic carbocycles. The maximum atomic E-state index is 13.6. The third-order valence-electron chi connectivity index (χ3n) is 3.24. The first kappa shape index (κ1) is 12.3. The zero-order valence-electron chi connectivity index (χ0n) is 10.2. The lowest BCUT2D eigenvalue weighted by Gasteiger charge is -2.16. The minimum absolute atomic E-state index is 0.208. The molecule has 1 fully saturated rings. The number of nitrogens with zero attached hydrogens (tertiary/aromatic N) is 1. The highest BCUT2D eigenvalue weighted by atomic mass is 19.1. The van der Waals surface area contributed by atoms with Crippen LogP contribution in [0.15, 0.2) is 18.2 Å². The Morgan fingerprint density at radius 2 is 2.35 bits per heavy atom. The van der Waals surface area contributed by atoms with E-state index in [-0.39, 0.29) is 5.82 Å². The first-order valence-electron chi connectivity index (χ1n) is 5.94. The second-order valence-corrected chi connectivity index (χ2v) is 4.70. The van der Waals surface area contributed by atoms with Gasteiger partial charge in [0, 0.05) is 31.5 Å². The van der Waals surface area contributed by atoms with Crippen molar-refractivity contribution in [1.82, 2.24) is 4.90 Å². The molecule has 3 nitrogen and oxygen atoms in total. The lowest BCUT2D eigenvalue weighted by Crippen LogP contribution is -2.21. The Kier molecular flexibility index (Phi) is 3.97. The third-order valence-corrected chi connectivity index (χ3v) is 3.24. The molecule has 1 aliphatic rings. The van der Waals surface area contributed by atoms with E-state index in [4.69, 9.17) is 10.5 Å². The van der Waals surface area contributed by atoms with Gasteiger partial charge in [0.25, 0.3) is 0 Å². The van der Waals surface area contributed by atoms with Crippen molar-refractivity contribution in [3.05, 3.63) is 29.6 Å². The van der Waals surface area contributed by atoms with E-state index < -0.39 is 0 Å². The van der Waals surface area contributed by atoms with Crippen LogP contribution in [-0.2, 0) is 11.3 Å². The summed E-state index contributed by atoms with van der Waals surface area (Å²) >= 11 is 0. The normalized spacial score (nSPS) is 20.9. The molecule has 0 aromatic heterocycles. The molecule has 0 amide bonds. The van der Waals surface area contributed by atoms with E-state index in [9.17, 15) is 4.39 Å². The fourth-order valence-corrected chi connectivity index (χ4v) is 2.36. The van der Waals surface area contributed by atoms with Crippen molar-refractivity contribution in [3.8, 4) is 0 Å². The van der Waals surface area contributed by atoms with Crippen molar-refractivity contribution in [2.75, 3.05) is 32.5 Å². The summed E-state index contributed by atoms with van der Waals surface area (Å²) < 4.78 is 18.8. The van der Waals surface area contributed by atoms with E-state index in [1.165, 1.54) is 6.07 Å². The number of halogens is 1. The first-order chi connectivity index (χ1) is 8.19. The molecule has 0 bridgehead atoms. The van der Waals surface area contributed by atoms with Gasteiger partial charge in [-0.15, -0.1) is 0 Å². The fraction of sp³-hybridized carbons (Fsp3) is 0.538. The van der Waals surface area contributed by atoms with E-state index in [1.807, 2.05) is 0 Å².